The summed E-state index contributed by atoms with van der Waals surface area (Å²) in [6.45, 7) is 1.45. The van der Waals surface area contributed by atoms with Gasteiger partial charge in [-0.1, -0.05) is 0 Å². The van der Waals surface area contributed by atoms with Crippen molar-refractivity contribution in [3.8, 4) is 5.88 Å². The lowest BCUT2D eigenvalue weighted by Crippen LogP contribution is -2.31. The first-order valence-corrected chi connectivity index (χ1v) is 4.47. The molecule has 0 aromatic carbocycles. The molecule has 2 unspecified atom stereocenters. The Hall–Kier alpha value is -1.53. The number of nitrogens with one attached hydrogen (secondary N) is 1. The van der Waals surface area contributed by atoms with Gasteiger partial charge in [-0.25, -0.2) is 0 Å². The summed E-state index contributed by atoms with van der Waals surface area (Å²) in [6, 6.07) is 3.21. The molecule has 0 spiro atoms. The highest BCUT2D eigenvalue weighted by Crippen LogP contribution is 2.20. The maximum absolute atomic E-state index is 9.37. The number of hydrogen-bond acceptors (Lipinski definition) is 6. The van der Waals surface area contributed by atoms with E-state index < -0.39 is 12.3 Å². The fourth-order valence-corrected chi connectivity index (χ4v) is 0.942. The summed E-state index contributed by atoms with van der Waals surface area (Å²) in [6.07, 6.45) is -2.04. The zero-order valence-electron chi connectivity index (χ0n) is 8.64. The van der Waals surface area contributed by atoms with E-state index in [1.165, 1.54) is 14.0 Å². The van der Waals surface area contributed by atoms with Crippen LogP contribution in [0.2, 0.25) is 0 Å². The fourth-order valence-electron chi connectivity index (χ4n) is 0.942. The SMILES string of the molecule is COc1ccc(N)c(NC(O)C(C)O)n1. The van der Waals surface area contributed by atoms with Crippen LogP contribution in [0.25, 0.3) is 0 Å². The smallest absolute Gasteiger partial charge is 0.215 e. The summed E-state index contributed by atoms with van der Waals surface area (Å²) in [7, 11) is 1.48. The van der Waals surface area contributed by atoms with E-state index in [2.05, 4.69) is 10.3 Å². The normalized spacial score (nSPS) is 14.4. The summed E-state index contributed by atoms with van der Waals surface area (Å²) in [5, 5.41) is 21.0. The number of nitrogen functional groups attached to an aromatic ring is 1. The van der Waals surface area contributed by atoms with E-state index in [1.54, 1.807) is 12.1 Å². The molecule has 0 aliphatic heterocycles. The maximum atomic E-state index is 9.37. The molecule has 1 aromatic rings. The Kier molecular flexibility index (Phi) is 3.70. The van der Waals surface area contributed by atoms with E-state index in [0.717, 1.165) is 0 Å². The van der Waals surface area contributed by atoms with Gasteiger partial charge in [0.05, 0.1) is 18.9 Å². The van der Waals surface area contributed by atoms with Gasteiger partial charge >= 0.3 is 0 Å². The summed E-state index contributed by atoms with van der Waals surface area (Å²) >= 11 is 0. The monoisotopic (exact) mass is 213 g/mol. The number of rotatable bonds is 4. The van der Waals surface area contributed by atoms with E-state index >= 15 is 0 Å². The number of hydrogen-bond donors (Lipinski definition) is 4. The Balaban J connectivity index is 2.83. The van der Waals surface area contributed by atoms with Crippen LogP contribution in [0.5, 0.6) is 5.88 Å². The Bertz CT molecular complexity index is 330. The molecule has 0 radical (unpaired) electrons. The molecular formula is C9H15N3O3. The molecule has 6 heteroatoms. The van der Waals surface area contributed by atoms with Crippen molar-refractivity contribution in [2.75, 3.05) is 18.2 Å². The molecule has 2 atom stereocenters. The number of nitrogens with two attached hydrogens (primary N) is 1. The van der Waals surface area contributed by atoms with Gasteiger partial charge in [-0.05, 0) is 13.0 Å². The van der Waals surface area contributed by atoms with Gasteiger partial charge in [0, 0.05) is 6.07 Å². The molecule has 5 N–H and O–H groups in total. The quantitative estimate of drug-likeness (QED) is 0.516. The largest absolute Gasteiger partial charge is 0.481 e. The second kappa shape index (κ2) is 4.81. The van der Waals surface area contributed by atoms with Crippen LogP contribution in [0.4, 0.5) is 11.5 Å². The van der Waals surface area contributed by atoms with Gasteiger partial charge in [-0.15, -0.1) is 0 Å². The van der Waals surface area contributed by atoms with Crippen LogP contribution in [0, 0.1) is 0 Å². The second-order valence-electron chi connectivity index (χ2n) is 3.12. The average Bonchev–Trinajstić information content (AvgIpc) is 2.21. The third-order valence-electron chi connectivity index (χ3n) is 1.85. The highest BCUT2D eigenvalue weighted by molar-refractivity contribution is 5.62. The number of methoxy groups -OCH3 is 1. The van der Waals surface area contributed by atoms with Gasteiger partial charge in [0.15, 0.2) is 12.0 Å². The van der Waals surface area contributed by atoms with Crippen molar-refractivity contribution in [2.24, 2.45) is 0 Å². The molecule has 0 saturated carbocycles. The molecule has 6 nitrogen and oxygen atoms in total. The minimum Gasteiger partial charge on any atom is -0.481 e. The van der Waals surface area contributed by atoms with Gasteiger partial charge < -0.3 is 26.0 Å². The molecule has 1 aromatic heterocycles. The van der Waals surface area contributed by atoms with Gasteiger partial charge in [-0.2, -0.15) is 4.98 Å². The van der Waals surface area contributed by atoms with E-state index in [9.17, 15) is 5.11 Å². The van der Waals surface area contributed by atoms with Gasteiger partial charge in [-0.3, -0.25) is 0 Å². The molecule has 0 aliphatic rings. The summed E-state index contributed by atoms with van der Waals surface area (Å²) in [5.41, 5.74) is 5.99. The second-order valence-corrected chi connectivity index (χ2v) is 3.12. The standard InChI is InChI=1S/C9H15N3O3/c1-5(13)9(14)12-8-6(10)3-4-7(11-8)15-2/h3-5,9,13-14H,10H2,1-2H3,(H,11,12). The van der Waals surface area contributed by atoms with Crippen LogP contribution in [-0.4, -0.2) is 34.6 Å². The van der Waals surface area contributed by atoms with E-state index in [0.29, 0.717) is 11.6 Å². The molecule has 0 saturated heterocycles. The summed E-state index contributed by atoms with van der Waals surface area (Å²) < 4.78 is 4.90. The minimum absolute atomic E-state index is 0.280. The first kappa shape index (κ1) is 11.5. The number of ether oxygens (including phenoxy) is 1. The number of aliphatic hydroxyl groups is 2. The highest BCUT2D eigenvalue weighted by Gasteiger charge is 2.13. The lowest BCUT2D eigenvalue weighted by atomic mass is 10.3. The van der Waals surface area contributed by atoms with Gasteiger partial charge in [0.1, 0.15) is 0 Å². The molecule has 84 valence electrons. The van der Waals surface area contributed by atoms with Crippen molar-refractivity contribution < 1.29 is 14.9 Å². The number of aliphatic hydroxyl groups excluding tert-OH is 2. The van der Waals surface area contributed by atoms with Crippen molar-refractivity contribution in [3.63, 3.8) is 0 Å². The number of anilines is 2. The van der Waals surface area contributed by atoms with Crippen LogP contribution in [0.1, 0.15) is 6.92 Å². The third kappa shape index (κ3) is 2.97. The lowest BCUT2D eigenvalue weighted by Gasteiger charge is -2.17. The van der Waals surface area contributed by atoms with Crippen LogP contribution >= 0.6 is 0 Å². The Morgan fingerprint density at radius 1 is 1.47 bits per heavy atom. The molecular weight excluding hydrogens is 198 g/mol. The molecule has 0 amide bonds. The van der Waals surface area contributed by atoms with E-state index in [-0.39, 0.29) is 5.82 Å². The predicted octanol–water partition coefficient (Wildman–Crippen LogP) is -0.217. The average molecular weight is 213 g/mol. The predicted molar refractivity (Wildman–Crippen MR) is 56.5 cm³/mol. The molecule has 0 fully saturated rings. The van der Waals surface area contributed by atoms with Crippen molar-refractivity contribution in [2.45, 2.75) is 19.3 Å². The summed E-state index contributed by atoms with van der Waals surface area (Å²) in [4.78, 5) is 3.98. The van der Waals surface area contributed by atoms with E-state index in [4.69, 9.17) is 15.6 Å². The van der Waals surface area contributed by atoms with Crippen molar-refractivity contribution >= 4 is 11.5 Å². The molecule has 0 aliphatic carbocycles. The summed E-state index contributed by atoms with van der Waals surface area (Å²) in [5.74, 6) is 0.659. The highest BCUT2D eigenvalue weighted by atomic mass is 16.5. The van der Waals surface area contributed by atoms with Gasteiger partial charge in [0.25, 0.3) is 0 Å². The first-order valence-electron chi connectivity index (χ1n) is 4.47. The molecule has 0 bridgehead atoms. The van der Waals surface area contributed by atoms with E-state index in [1.807, 2.05) is 0 Å². The zero-order chi connectivity index (χ0) is 11.4. The number of aromatic nitrogens is 1. The third-order valence-corrected chi connectivity index (χ3v) is 1.85. The first-order chi connectivity index (χ1) is 7.04. The zero-order valence-corrected chi connectivity index (χ0v) is 8.64. The Labute approximate surface area is 87.7 Å². The fraction of sp³-hybridized carbons (Fsp3) is 0.444. The van der Waals surface area contributed by atoms with Crippen LogP contribution < -0.4 is 15.8 Å². The topological polar surface area (TPSA) is 101 Å². The maximum Gasteiger partial charge on any atom is 0.215 e. The Morgan fingerprint density at radius 3 is 2.67 bits per heavy atom. The number of nitrogens with zero attached hydrogens (tertiary/aromatic N) is 1. The molecule has 15 heavy (non-hydrogen) atoms. The van der Waals surface area contributed by atoms with Crippen LogP contribution in [-0.2, 0) is 0 Å². The van der Waals surface area contributed by atoms with Crippen molar-refractivity contribution in [1.82, 2.24) is 4.98 Å². The molecule has 1 heterocycles. The van der Waals surface area contributed by atoms with Crippen LogP contribution in [0.15, 0.2) is 12.1 Å². The van der Waals surface area contributed by atoms with Crippen molar-refractivity contribution in [1.29, 1.82) is 0 Å². The minimum atomic E-state index is -1.12. The lowest BCUT2D eigenvalue weighted by molar-refractivity contribution is 0.0494. The Morgan fingerprint density at radius 2 is 2.13 bits per heavy atom. The number of pyridine rings is 1. The van der Waals surface area contributed by atoms with Gasteiger partial charge in [0.2, 0.25) is 5.88 Å². The van der Waals surface area contributed by atoms with Crippen molar-refractivity contribution in [3.05, 3.63) is 12.1 Å². The van der Waals surface area contributed by atoms with Crippen LogP contribution in [0.3, 0.4) is 0 Å². The molecule has 1 rings (SSSR count).